The first-order chi connectivity index (χ1) is 13.3. The van der Waals surface area contributed by atoms with Gasteiger partial charge in [0.2, 0.25) is 5.91 Å². The summed E-state index contributed by atoms with van der Waals surface area (Å²) in [6.45, 7) is 9.83. The molecule has 1 saturated heterocycles. The zero-order valence-electron chi connectivity index (χ0n) is 17.6. The molecule has 0 unspecified atom stereocenters. The summed E-state index contributed by atoms with van der Waals surface area (Å²) < 4.78 is 5.87. The molecule has 1 aromatic heterocycles. The maximum atomic E-state index is 12.5. The zero-order valence-corrected chi connectivity index (χ0v) is 18.4. The lowest BCUT2D eigenvalue weighted by atomic mass is 9.78. The molecular weight excluding hydrogens is 366 g/mol. The number of thiophene rings is 1. The Kier molecular flexibility index (Phi) is 6.61. The first-order valence-corrected chi connectivity index (χ1v) is 11.2. The average molecular weight is 400 g/mol. The Bertz CT molecular complexity index is 756. The van der Waals surface area contributed by atoms with E-state index in [0.29, 0.717) is 0 Å². The van der Waals surface area contributed by atoms with Crippen LogP contribution in [0.4, 0.5) is 0 Å². The highest BCUT2D eigenvalue weighted by Gasteiger charge is 2.35. The Hall–Kier alpha value is -1.65. The number of carbonyl (C=O) groups is 1. The van der Waals surface area contributed by atoms with Gasteiger partial charge >= 0.3 is 0 Å². The second-order valence-electron chi connectivity index (χ2n) is 8.92. The van der Waals surface area contributed by atoms with Gasteiger partial charge in [0, 0.05) is 36.4 Å². The van der Waals surface area contributed by atoms with Gasteiger partial charge in [-0.15, -0.1) is 11.3 Å². The third-order valence-corrected chi connectivity index (χ3v) is 7.15. The number of ether oxygens (including phenoxy) is 1. The van der Waals surface area contributed by atoms with Crippen LogP contribution in [0.2, 0.25) is 0 Å². The number of hydrogen-bond acceptors (Lipinski definition) is 3. The van der Waals surface area contributed by atoms with Gasteiger partial charge in [-0.05, 0) is 56.5 Å². The van der Waals surface area contributed by atoms with Crippen LogP contribution in [-0.4, -0.2) is 35.6 Å². The third kappa shape index (κ3) is 5.24. The monoisotopic (exact) mass is 399 g/mol. The van der Waals surface area contributed by atoms with Crippen LogP contribution in [-0.2, 0) is 21.4 Å². The minimum absolute atomic E-state index is 0.0178. The molecule has 1 fully saturated rings. The molecular formula is C24H33NO2S. The zero-order chi connectivity index (χ0) is 20.2. The Balaban J connectivity index is 1.77. The lowest BCUT2D eigenvalue weighted by molar-refractivity contribution is -0.138. The van der Waals surface area contributed by atoms with E-state index in [4.69, 9.17) is 4.74 Å². The molecule has 1 aliphatic heterocycles. The second-order valence-corrected chi connectivity index (χ2v) is 9.87. The SMILES string of the molecule is CC(=O)N(CC[C@@](C)(Cc1ccccc1)c1cccs1)[C@H]1CCOC(C)(C)C1. The number of nitrogens with zero attached hydrogens (tertiary/aromatic N) is 1. The van der Waals surface area contributed by atoms with Gasteiger partial charge in [0.05, 0.1) is 5.60 Å². The van der Waals surface area contributed by atoms with E-state index in [1.165, 1.54) is 10.4 Å². The molecule has 0 radical (unpaired) electrons. The minimum atomic E-state index is -0.155. The molecule has 2 aromatic rings. The quantitative estimate of drug-likeness (QED) is 0.620. The van der Waals surface area contributed by atoms with Crippen LogP contribution >= 0.6 is 11.3 Å². The first-order valence-electron chi connectivity index (χ1n) is 10.3. The number of hydrogen-bond donors (Lipinski definition) is 0. The highest BCUT2D eigenvalue weighted by Crippen LogP contribution is 2.36. The fourth-order valence-electron chi connectivity index (χ4n) is 4.40. The Morgan fingerprint density at radius 3 is 2.61 bits per heavy atom. The molecule has 0 bridgehead atoms. The standard InChI is InChI=1S/C24H33NO2S/c1-19(26)25(21-12-15-27-23(2,3)18-21)14-13-24(4,22-11-8-16-28-22)17-20-9-6-5-7-10-20/h5-11,16,21H,12-15,17-18H2,1-4H3/t21-,24-/m0/s1. The summed E-state index contributed by atoms with van der Waals surface area (Å²) in [5.74, 6) is 0.177. The van der Waals surface area contributed by atoms with Gasteiger partial charge in [-0.3, -0.25) is 4.79 Å². The molecule has 2 atom stereocenters. The van der Waals surface area contributed by atoms with Crippen molar-refractivity contribution >= 4 is 17.2 Å². The van der Waals surface area contributed by atoms with E-state index in [1.807, 2.05) is 11.3 Å². The van der Waals surface area contributed by atoms with Crippen LogP contribution in [0.15, 0.2) is 47.8 Å². The molecule has 1 aliphatic rings. The van der Waals surface area contributed by atoms with Gasteiger partial charge < -0.3 is 9.64 Å². The summed E-state index contributed by atoms with van der Waals surface area (Å²) in [6, 6.07) is 15.3. The lowest BCUT2D eigenvalue weighted by Crippen LogP contribution is -2.49. The Morgan fingerprint density at radius 2 is 2.00 bits per heavy atom. The van der Waals surface area contributed by atoms with Crippen molar-refractivity contribution in [3.63, 3.8) is 0 Å². The fourth-order valence-corrected chi connectivity index (χ4v) is 5.32. The summed E-state index contributed by atoms with van der Waals surface area (Å²) in [5.41, 5.74) is 1.21. The largest absolute Gasteiger partial charge is 0.375 e. The topological polar surface area (TPSA) is 29.5 Å². The molecule has 1 aromatic carbocycles. The normalized spacial score (nSPS) is 21.1. The molecule has 1 amide bonds. The lowest BCUT2D eigenvalue weighted by Gasteiger charge is -2.42. The maximum absolute atomic E-state index is 12.5. The molecule has 3 rings (SSSR count). The predicted molar refractivity (Wildman–Crippen MR) is 117 cm³/mol. The van der Waals surface area contributed by atoms with E-state index in [1.54, 1.807) is 6.92 Å². The molecule has 0 spiro atoms. The van der Waals surface area contributed by atoms with E-state index < -0.39 is 0 Å². The van der Waals surface area contributed by atoms with Gasteiger partial charge in [0.15, 0.2) is 0 Å². The van der Waals surface area contributed by atoms with Crippen molar-refractivity contribution in [2.75, 3.05) is 13.2 Å². The molecule has 2 heterocycles. The van der Waals surface area contributed by atoms with Gasteiger partial charge in [0.1, 0.15) is 0 Å². The molecule has 3 nitrogen and oxygen atoms in total. The second kappa shape index (κ2) is 8.79. The number of rotatable bonds is 7. The molecule has 0 N–H and O–H groups in total. The van der Waals surface area contributed by atoms with Crippen LogP contribution in [0, 0.1) is 0 Å². The van der Waals surface area contributed by atoms with Crippen molar-refractivity contribution < 1.29 is 9.53 Å². The third-order valence-electron chi connectivity index (χ3n) is 5.97. The summed E-state index contributed by atoms with van der Waals surface area (Å²) in [7, 11) is 0. The Morgan fingerprint density at radius 1 is 1.25 bits per heavy atom. The van der Waals surface area contributed by atoms with Crippen LogP contribution in [0.1, 0.15) is 57.4 Å². The summed E-state index contributed by atoms with van der Waals surface area (Å²) in [6.07, 6.45) is 3.78. The van der Waals surface area contributed by atoms with Gasteiger partial charge in [0.25, 0.3) is 0 Å². The number of carbonyl (C=O) groups excluding carboxylic acids is 1. The van der Waals surface area contributed by atoms with Gasteiger partial charge in [-0.1, -0.05) is 43.3 Å². The van der Waals surface area contributed by atoms with Crippen molar-refractivity contribution in [2.24, 2.45) is 0 Å². The van der Waals surface area contributed by atoms with Crippen molar-refractivity contribution in [3.05, 3.63) is 58.3 Å². The number of amides is 1. The maximum Gasteiger partial charge on any atom is 0.219 e. The highest BCUT2D eigenvalue weighted by atomic mass is 32.1. The van der Waals surface area contributed by atoms with Crippen LogP contribution < -0.4 is 0 Å². The summed E-state index contributed by atoms with van der Waals surface area (Å²) in [5, 5.41) is 2.16. The number of benzene rings is 1. The van der Waals surface area contributed by atoms with E-state index in [0.717, 1.165) is 38.8 Å². The fraction of sp³-hybridized carbons (Fsp3) is 0.542. The molecule has 0 aliphatic carbocycles. The van der Waals surface area contributed by atoms with Crippen LogP contribution in [0.3, 0.4) is 0 Å². The smallest absolute Gasteiger partial charge is 0.219 e. The average Bonchev–Trinajstić information content (AvgIpc) is 3.17. The highest BCUT2D eigenvalue weighted by molar-refractivity contribution is 7.10. The van der Waals surface area contributed by atoms with Crippen molar-refractivity contribution in [3.8, 4) is 0 Å². The van der Waals surface area contributed by atoms with E-state index in [9.17, 15) is 4.79 Å². The van der Waals surface area contributed by atoms with E-state index in [-0.39, 0.29) is 23.0 Å². The van der Waals surface area contributed by atoms with Gasteiger partial charge in [-0.2, -0.15) is 0 Å². The van der Waals surface area contributed by atoms with Crippen molar-refractivity contribution in [1.29, 1.82) is 0 Å². The summed E-state index contributed by atoms with van der Waals surface area (Å²) >= 11 is 1.82. The van der Waals surface area contributed by atoms with Crippen LogP contribution in [0.5, 0.6) is 0 Å². The molecule has 152 valence electrons. The van der Waals surface area contributed by atoms with Gasteiger partial charge in [-0.25, -0.2) is 0 Å². The summed E-state index contributed by atoms with van der Waals surface area (Å²) in [4.78, 5) is 16.0. The first kappa shape index (κ1) is 21.1. The van der Waals surface area contributed by atoms with E-state index in [2.05, 4.69) is 73.5 Å². The van der Waals surface area contributed by atoms with E-state index >= 15 is 0 Å². The van der Waals surface area contributed by atoms with Crippen LogP contribution in [0.25, 0.3) is 0 Å². The predicted octanol–water partition coefficient (Wildman–Crippen LogP) is 5.44. The van der Waals surface area contributed by atoms with Crippen molar-refractivity contribution in [1.82, 2.24) is 4.90 Å². The van der Waals surface area contributed by atoms with Crippen molar-refractivity contribution in [2.45, 2.75) is 70.4 Å². The Labute approximate surface area is 173 Å². The molecule has 28 heavy (non-hydrogen) atoms. The minimum Gasteiger partial charge on any atom is -0.375 e. The molecule has 4 heteroatoms. The molecule has 0 saturated carbocycles.